The van der Waals surface area contributed by atoms with Crippen LogP contribution in [0.1, 0.15) is 13.3 Å². The molecule has 0 aliphatic rings. The lowest BCUT2D eigenvalue weighted by Crippen LogP contribution is -2.46. The van der Waals surface area contributed by atoms with Crippen LogP contribution in [0.3, 0.4) is 0 Å². The summed E-state index contributed by atoms with van der Waals surface area (Å²) in [7, 11) is 1.80. The first-order valence-corrected chi connectivity index (χ1v) is 3.90. The van der Waals surface area contributed by atoms with Crippen molar-refractivity contribution in [2.75, 3.05) is 13.6 Å². The fourth-order valence-corrected chi connectivity index (χ4v) is 1.02. The molecule has 0 rings (SSSR count). The molecule has 5 heteroatoms. The first-order chi connectivity index (χ1) is 5.67. The van der Waals surface area contributed by atoms with Gasteiger partial charge in [0.25, 0.3) is 0 Å². The fraction of sp³-hybridized carbons (Fsp3) is 0.714. The number of nitrogens with two attached hydrogens (primary N) is 1. The normalized spacial score (nSPS) is 12.2. The van der Waals surface area contributed by atoms with Crippen LogP contribution in [0.25, 0.3) is 0 Å². The summed E-state index contributed by atoms with van der Waals surface area (Å²) in [5.41, 5.74) is 5.06. The second kappa shape index (κ2) is 5.54. The number of carbonyl (C=O) groups excluding carboxylic acids is 1. The van der Waals surface area contributed by atoms with Gasteiger partial charge in [-0.25, -0.2) is 4.79 Å². The van der Waals surface area contributed by atoms with Crippen molar-refractivity contribution in [3.8, 4) is 0 Å². The molecule has 0 bridgehead atoms. The Morgan fingerprint density at radius 1 is 1.83 bits per heavy atom. The van der Waals surface area contributed by atoms with Gasteiger partial charge in [0, 0.05) is 6.54 Å². The molecule has 0 aromatic rings. The smallest absolute Gasteiger partial charge is 0.320 e. The van der Waals surface area contributed by atoms with E-state index in [1.54, 1.807) is 7.05 Å². The Labute approximate surface area is 72.4 Å². The maximum Gasteiger partial charge on any atom is 0.320 e. The van der Waals surface area contributed by atoms with Crippen molar-refractivity contribution < 1.29 is 4.79 Å². The molecular weight excluding hydrogens is 156 g/mol. The topological polar surface area (TPSA) is 82.2 Å². The standard InChI is InChI=1S/C7H16N4O/c1-3-6(4-10-2)11(5-8)7(9)12/h5-6,8,10H,3-4H2,1-2H3,(H2,9,12). The van der Waals surface area contributed by atoms with Crippen LogP contribution in [0.15, 0.2) is 0 Å². The summed E-state index contributed by atoms with van der Waals surface area (Å²) in [5.74, 6) is 0. The highest BCUT2D eigenvalue weighted by molar-refractivity contribution is 5.84. The van der Waals surface area contributed by atoms with Gasteiger partial charge in [-0.1, -0.05) is 6.92 Å². The van der Waals surface area contributed by atoms with Crippen molar-refractivity contribution in [1.29, 1.82) is 5.41 Å². The summed E-state index contributed by atoms with van der Waals surface area (Å²) < 4.78 is 0. The highest BCUT2D eigenvalue weighted by Gasteiger charge is 2.16. The van der Waals surface area contributed by atoms with Crippen molar-refractivity contribution in [3.05, 3.63) is 0 Å². The number of nitrogens with zero attached hydrogens (tertiary/aromatic N) is 1. The van der Waals surface area contributed by atoms with Gasteiger partial charge in [0.2, 0.25) is 0 Å². The van der Waals surface area contributed by atoms with Gasteiger partial charge >= 0.3 is 6.03 Å². The first kappa shape index (κ1) is 10.9. The lowest BCUT2D eigenvalue weighted by Gasteiger charge is -2.24. The minimum Gasteiger partial charge on any atom is -0.351 e. The van der Waals surface area contributed by atoms with Gasteiger partial charge in [-0.3, -0.25) is 10.3 Å². The van der Waals surface area contributed by atoms with Crippen molar-refractivity contribution in [1.82, 2.24) is 10.2 Å². The highest BCUT2D eigenvalue weighted by atomic mass is 16.2. The summed E-state index contributed by atoms with van der Waals surface area (Å²) in [6, 6.07) is -0.600. The molecule has 0 fully saturated rings. The monoisotopic (exact) mass is 172 g/mol. The molecule has 4 N–H and O–H groups in total. The van der Waals surface area contributed by atoms with Gasteiger partial charge in [-0.15, -0.1) is 0 Å². The average Bonchev–Trinajstić information content (AvgIpc) is 2.03. The number of amides is 2. The summed E-state index contributed by atoms with van der Waals surface area (Å²) >= 11 is 0. The van der Waals surface area contributed by atoms with Crippen LogP contribution < -0.4 is 11.1 Å². The third kappa shape index (κ3) is 2.87. The Hall–Kier alpha value is -1.10. The maximum atomic E-state index is 10.8. The predicted octanol–water partition coefficient (Wildman–Crippen LogP) is -0.0278. The van der Waals surface area contributed by atoms with Crippen molar-refractivity contribution in [3.63, 3.8) is 0 Å². The lowest BCUT2D eigenvalue weighted by molar-refractivity contribution is 0.217. The SMILES string of the molecule is CCC(CNC)N(C=N)C(N)=O. The molecule has 0 aromatic carbocycles. The van der Waals surface area contributed by atoms with E-state index in [4.69, 9.17) is 11.1 Å². The average molecular weight is 172 g/mol. The zero-order chi connectivity index (χ0) is 9.56. The first-order valence-electron chi connectivity index (χ1n) is 3.90. The molecule has 2 amide bonds. The number of nitrogens with one attached hydrogen (secondary N) is 2. The lowest BCUT2D eigenvalue weighted by atomic mass is 10.2. The Morgan fingerprint density at radius 3 is 2.67 bits per heavy atom. The number of rotatable bonds is 5. The van der Waals surface area contributed by atoms with E-state index >= 15 is 0 Å². The van der Waals surface area contributed by atoms with Gasteiger partial charge in [-0.2, -0.15) is 0 Å². The molecule has 70 valence electrons. The summed E-state index contributed by atoms with van der Waals surface area (Å²) in [4.78, 5) is 12.0. The zero-order valence-electron chi connectivity index (χ0n) is 7.50. The summed E-state index contributed by atoms with van der Waals surface area (Å²) in [6.45, 7) is 2.59. The third-order valence-electron chi connectivity index (χ3n) is 1.70. The fourth-order valence-electron chi connectivity index (χ4n) is 1.02. The molecule has 1 atom stereocenters. The van der Waals surface area contributed by atoms with Crippen molar-refractivity contribution in [2.45, 2.75) is 19.4 Å². The predicted molar refractivity (Wildman–Crippen MR) is 48.2 cm³/mol. The van der Waals surface area contributed by atoms with Crippen molar-refractivity contribution >= 4 is 12.4 Å². The molecule has 0 aromatic heterocycles. The van der Waals surface area contributed by atoms with E-state index in [0.717, 1.165) is 12.8 Å². The number of hydrogen-bond donors (Lipinski definition) is 3. The number of primary amides is 1. The number of hydrogen-bond acceptors (Lipinski definition) is 3. The van der Waals surface area contributed by atoms with E-state index in [2.05, 4.69) is 5.32 Å². The molecule has 0 heterocycles. The van der Waals surface area contributed by atoms with Crippen LogP contribution in [0.2, 0.25) is 0 Å². The Morgan fingerprint density at radius 2 is 2.42 bits per heavy atom. The number of urea groups is 1. The minimum atomic E-state index is -0.577. The van der Waals surface area contributed by atoms with Gasteiger partial charge < -0.3 is 11.1 Å². The molecule has 12 heavy (non-hydrogen) atoms. The van der Waals surface area contributed by atoms with Gasteiger partial charge in [-0.05, 0) is 13.5 Å². The van der Waals surface area contributed by atoms with Crippen LogP contribution in [0, 0.1) is 5.41 Å². The Bertz CT molecular complexity index is 159. The molecule has 1 unspecified atom stereocenters. The van der Waals surface area contributed by atoms with Gasteiger partial charge in [0.1, 0.15) is 0 Å². The maximum absolute atomic E-state index is 10.8. The Balaban J connectivity index is 4.22. The molecule has 5 nitrogen and oxygen atoms in total. The molecule has 0 radical (unpaired) electrons. The van der Waals surface area contributed by atoms with Crippen LogP contribution in [0.5, 0.6) is 0 Å². The zero-order valence-corrected chi connectivity index (χ0v) is 7.50. The largest absolute Gasteiger partial charge is 0.351 e. The van der Waals surface area contributed by atoms with E-state index in [1.807, 2.05) is 6.92 Å². The third-order valence-corrected chi connectivity index (χ3v) is 1.70. The van der Waals surface area contributed by atoms with Crippen molar-refractivity contribution in [2.24, 2.45) is 5.73 Å². The summed E-state index contributed by atoms with van der Waals surface area (Å²) in [5, 5.41) is 9.91. The second-order valence-corrected chi connectivity index (χ2v) is 2.49. The molecular formula is C7H16N4O. The number of carbonyl (C=O) groups is 1. The molecule has 0 saturated heterocycles. The van der Waals surface area contributed by atoms with E-state index < -0.39 is 6.03 Å². The minimum absolute atomic E-state index is 0.0231. The second-order valence-electron chi connectivity index (χ2n) is 2.49. The molecule has 0 saturated carbocycles. The van der Waals surface area contributed by atoms with Crippen LogP contribution in [-0.2, 0) is 0 Å². The number of likely N-dealkylation sites (N-methyl/N-ethyl adjacent to an activating group) is 1. The molecule has 0 aliphatic heterocycles. The summed E-state index contributed by atoms with van der Waals surface area (Å²) in [6.07, 6.45) is 1.74. The van der Waals surface area contributed by atoms with Gasteiger partial charge in [0.15, 0.2) is 0 Å². The van der Waals surface area contributed by atoms with E-state index in [9.17, 15) is 4.79 Å². The van der Waals surface area contributed by atoms with E-state index in [1.165, 1.54) is 4.90 Å². The van der Waals surface area contributed by atoms with E-state index in [-0.39, 0.29) is 6.04 Å². The quantitative estimate of drug-likeness (QED) is 0.402. The van der Waals surface area contributed by atoms with Crippen LogP contribution in [0.4, 0.5) is 4.79 Å². The molecule has 0 spiro atoms. The Kier molecular flexibility index (Phi) is 5.03. The van der Waals surface area contributed by atoms with Crippen LogP contribution >= 0.6 is 0 Å². The highest BCUT2D eigenvalue weighted by Crippen LogP contribution is 1.99. The van der Waals surface area contributed by atoms with Gasteiger partial charge in [0.05, 0.1) is 12.4 Å². The molecule has 0 aliphatic carbocycles. The van der Waals surface area contributed by atoms with E-state index in [0.29, 0.717) is 6.54 Å². The van der Waals surface area contributed by atoms with Crippen LogP contribution in [-0.4, -0.2) is 36.9 Å².